The molecule has 1 N–H and O–H groups in total. The standard InChI is InChI=1S/C21H21N5O/c1-26(12-13-10-15-4-2-3-5-17(15)23-11-13)20-16-8-9-22-21(27)18(16)24-19(25-20)14-6-7-14/h2-5,10-11,14H,6-9,12H2,1H3,(H,22,27). The fourth-order valence-electron chi connectivity index (χ4n) is 3.68. The van der Waals surface area contributed by atoms with Gasteiger partial charge >= 0.3 is 0 Å². The molecule has 2 aromatic heterocycles. The van der Waals surface area contributed by atoms with Gasteiger partial charge in [0.05, 0.1) is 5.52 Å². The first kappa shape index (κ1) is 16.2. The molecule has 0 unspecified atom stereocenters. The van der Waals surface area contributed by atoms with Crippen LogP contribution in [0.4, 0.5) is 5.82 Å². The predicted molar refractivity (Wildman–Crippen MR) is 104 cm³/mol. The molecule has 0 saturated heterocycles. The summed E-state index contributed by atoms with van der Waals surface area (Å²) in [5, 5.41) is 4.03. The number of hydrogen-bond acceptors (Lipinski definition) is 5. The first-order valence-corrected chi connectivity index (χ1v) is 9.43. The zero-order valence-corrected chi connectivity index (χ0v) is 15.3. The number of fused-ring (bicyclic) bond motifs is 2. The minimum atomic E-state index is -0.0810. The van der Waals surface area contributed by atoms with Crippen LogP contribution in [0.15, 0.2) is 36.5 Å². The van der Waals surface area contributed by atoms with Crippen molar-refractivity contribution in [3.8, 4) is 0 Å². The van der Waals surface area contributed by atoms with Crippen LogP contribution in [0.1, 0.15) is 46.2 Å². The van der Waals surface area contributed by atoms with Crippen LogP contribution in [0.2, 0.25) is 0 Å². The van der Waals surface area contributed by atoms with Crippen molar-refractivity contribution in [2.75, 3.05) is 18.5 Å². The normalized spacial score (nSPS) is 16.1. The highest BCUT2D eigenvalue weighted by molar-refractivity contribution is 5.96. The zero-order valence-electron chi connectivity index (χ0n) is 15.3. The van der Waals surface area contributed by atoms with Gasteiger partial charge in [0.2, 0.25) is 0 Å². The maximum atomic E-state index is 12.3. The van der Waals surface area contributed by atoms with Gasteiger partial charge in [-0.3, -0.25) is 9.78 Å². The number of nitrogens with zero attached hydrogens (tertiary/aromatic N) is 4. The van der Waals surface area contributed by atoms with E-state index >= 15 is 0 Å². The Hall–Kier alpha value is -3.02. The van der Waals surface area contributed by atoms with E-state index in [4.69, 9.17) is 4.98 Å². The van der Waals surface area contributed by atoms with E-state index in [2.05, 4.69) is 32.3 Å². The third-order valence-corrected chi connectivity index (χ3v) is 5.25. The SMILES string of the molecule is CN(Cc1cnc2ccccc2c1)c1nc(C2CC2)nc2c1CCNC2=O. The molecule has 5 rings (SSSR count). The fraction of sp³-hybridized carbons (Fsp3) is 0.333. The highest BCUT2D eigenvalue weighted by atomic mass is 16.1. The maximum absolute atomic E-state index is 12.3. The van der Waals surface area contributed by atoms with Gasteiger partial charge in [-0.1, -0.05) is 18.2 Å². The Bertz CT molecular complexity index is 1040. The lowest BCUT2D eigenvalue weighted by molar-refractivity contribution is 0.0940. The topological polar surface area (TPSA) is 71.0 Å². The molecule has 1 fully saturated rings. The zero-order chi connectivity index (χ0) is 18.4. The van der Waals surface area contributed by atoms with Gasteiger partial charge in [-0.15, -0.1) is 0 Å². The summed E-state index contributed by atoms with van der Waals surface area (Å²) in [5.41, 5.74) is 3.63. The number of pyridine rings is 1. The van der Waals surface area contributed by atoms with E-state index in [-0.39, 0.29) is 5.91 Å². The smallest absolute Gasteiger partial charge is 0.270 e. The first-order valence-electron chi connectivity index (χ1n) is 9.43. The van der Waals surface area contributed by atoms with Crippen molar-refractivity contribution in [3.63, 3.8) is 0 Å². The molecule has 0 radical (unpaired) electrons. The number of benzene rings is 1. The van der Waals surface area contributed by atoms with Gasteiger partial charge in [0.1, 0.15) is 17.3 Å². The molecule has 0 atom stereocenters. The molecule has 136 valence electrons. The van der Waals surface area contributed by atoms with E-state index in [0.717, 1.165) is 52.9 Å². The number of nitrogens with one attached hydrogen (secondary N) is 1. The first-order chi connectivity index (χ1) is 13.2. The molecule has 0 spiro atoms. The Morgan fingerprint density at radius 2 is 2.07 bits per heavy atom. The van der Waals surface area contributed by atoms with Crippen LogP contribution >= 0.6 is 0 Å². The average molecular weight is 359 g/mol. The summed E-state index contributed by atoms with van der Waals surface area (Å²) >= 11 is 0. The van der Waals surface area contributed by atoms with E-state index in [0.29, 0.717) is 24.7 Å². The van der Waals surface area contributed by atoms with Crippen LogP contribution in [0, 0.1) is 0 Å². The van der Waals surface area contributed by atoms with Crippen LogP contribution in [0.5, 0.6) is 0 Å². The number of hydrogen-bond donors (Lipinski definition) is 1. The van der Waals surface area contributed by atoms with Crippen molar-refractivity contribution in [2.24, 2.45) is 0 Å². The van der Waals surface area contributed by atoms with Crippen molar-refractivity contribution in [3.05, 3.63) is 59.2 Å². The lowest BCUT2D eigenvalue weighted by atomic mass is 10.1. The van der Waals surface area contributed by atoms with Crippen molar-refractivity contribution in [2.45, 2.75) is 31.7 Å². The summed E-state index contributed by atoms with van der Waals surface area (Å²) in [4.78, 5) is 28.5. The number of carbonyl (C=O) groups excluding carboxylic acids is 1. The summed E-state index contributed by atoms with van der Waals surface area (Å²) < 4.78 is 0. The van der Waals surface area contributed by atoms with E-state index in [1.165, 1.54) is 0 Å². The van der Waals surface area contributed by atoms with Gasteiger partial charge in [-0.2, -0.15) is 0 Å². The third-order valence-electron chi connectivity index (χ3n) is 5.25. The lowest BCUT2D eigenvalue weighted by Gasteiger charge is -2.25. The van der Waals surface area contributed by atoms with Crippen LogP contribution in [-0.2, 0) is 13.0 Å². The van der Waals surface area contributed by atoms with Gasteiger partial charge in [0.15, 0.2) is 0 Å². The molecule has 3 heterocycles. The van der Waals surface area contributed by atoms with Crippen molar-refractivity contribution < 1.29 is 4.79 Å². The average Bonchev–Trinajstić information content (AvgIpc) is 3.53. The maximum Gasteiger partial charge on any atom is 0.270 e. The second-order valence-corrected chi connectivity index (χ2v) is 7.41. The quantitative estimate of drug-likeness (QED) is 0.776. The summed E-state index contributed by atoms with van der Waals surface area (Å²) in [6.07, 6.45) is 4.90. The molecule has 2 aliphatic rings. The molecular formula is C21H21N5O. The number of carbonyl (C=O) groups is 1. The minimum Gasteiger partial charge on any atom is -0.355 e. The van der Waals surface area contributed by atoms with Gasteiger partial charge in [-0.05, 0) is 37.0 Å². The van der Waals surface area contributed by atoms with Crippen molar-refractivity contribution in [1.82, 2.24) is 20.3 Å². The van der Waals surface area contributed by atoms with Crippen LogP contribution < -0.4 is 10.2 Å². The van der Waals surface area contributed by atoms with Gasteiger partial charge in [0, 0.05) is 43.2 Å². The number of para-hydroxylation sites is 1. The molecule has 6 heteroatoms. The van der Waals surface area contributed by atoms with Gasteiger partial charge < -0.3 is 10.2 Å². The fourth-order valence-corrected chi connectivity index (χ4v) is 3.68. The van der Waals surface area contributed by atoms with E-state index < -0.39 is 0 Å². The number of rotatable bonds is 4. The molecule has 1 amide bonds. The highest BCUT2D eigenvalue weighted by Crippen LogP contribution is 2.39. The second kappa shape index (κ2) is 6.30. The molecule has 1 aliphatic carbocycles. The number of anilines is 1. The third kappa shape index (κ3) is 3.01. The lowest BCUT2D eigenvalue weighted by Crippen LogP contribution is -2.35. The molecular weight excluding hydrogens is 338 g/mol. The molecule has 27 heavy (non-hydrogen) atoms. The summed E-state index contributed by atoms with van der Waals surface area (Å²) in [5.74, 6) is 2.01. The Morgan fingerprint density at radius 3 is 2.93 bits per heavy atom. The van der Waals surface area contributed by atoms with Crippen molar-refractivity contribution in [1.29, 1.82) is 0 Å². The number of amides is 1. The Morgan fingerprint density at radius 1 is 1.22 bits per heavy atom. The molecule has 1 saturated carbocycles. The van der Waals surface area contributed by atoms with Gasteiger partial charge in [-0.25, -0.2) is 9.97 Å². The molecule has 1 aliphatic heterocycles. The Labute approximate surface area is 157 Å². The largest absolute Gasteiger partial charge is 0.355 e. The molecule has 3 aromatic rings. The van der Waals surface area contributed by atoms with Gasteiger partial charge in [0.25, 0.3) is 5.91 Å². The van der Waals surface area contributed by atoms with Crippen molar-refractivity contribution >= 4 is 22.6 Å². The van der Waals surface area contributed by atoms with E-state index in [9.17, 15) is 4.79 Å². The Kier molecular flexibility index (Phi) is 3.77. The second-order valence-electron chi connectivity index (χ2n) is 7.41. The monoisotopic (exact) mass is 359 g/mol. The Balaban J connectivity index is 1.51. The summed E-state index contributed by atoms with van der Waals surface area (Å²) in [6.45, 7) is 1.32. The highest BCUT2D eigenvalue weighted by Gasteiger charge is 2.32. The number of aromatic nitrogens is 3. The summed E-state index contributed by atoms with van der Waals surface area (Å²) in [7, 11) is 2.03. The van der Waals surface area contributed by atoms with Crippen LogP contribution in [0.3, 0.4) is 0 Å². The molecule has 0 bridgehead atoms. The molecule has 1 aromatic carbocycles. The van der Waals surface area contributed by atoms with E-state index in [1.807, 2.05) is 31.4 Å². The van der Waals surface area contributed by atoms with E-state index in [1.54, 1.807) is 0 Å². The minimum absolute atomic E-state index is 0.0810. The van der Waals surface area contributed by atoms with Crippen LogP contribution in [-0.4, -0.2) is 34.5 Å². The molecule has 6 nitrogen and oxygen atoms in total. The van der Waals surface area contributed by atoms with Crippen LogP contribution in [0.25, 0.3) is 10.9 Å². The summed E-state index contributed by atoms with van der Waals surface area (Å²) in [6, 6.07) is 10.3. The predicted octanol–water partition coefficient (Wildman–Crippen LogP) is 2.82.